The topological polar surface area (TPSA) is 55.5 Å². The molecule has 0 aromatic heterocycles. The van der Waals surface area contributed by atoms with Crippen LogP contribution >= 0.6 is 0 Å². The standard InChI is InChI=1S/C9H9NO2/c1-2-5-12-9-6-7(10)3-4-8(9)11/h1,3-4,6,11H,5,10H2. The van der Waals surface area contributed by atoms with E-state index in [0.29, 0.717) is 11.4 Å². The minimum Gasteiger partial charge on any atom is -0.504 e. The van der Waals surface area contributed by atoms with Gasteiger partial charge in [0, 0.05) is 11.8 Å². The van der Waals surface area contributed by atoms with Gasteiger partial charge in [0.25, 0.3) is 0 Å². The molecule has 12 heavy (non-hydrogen) atoms. The molecule has 0 fully saturated rings. The number of anilines is 1. The Hall–Kier alpha value is -1.82. The molecule has 3 heteroatoms. The molecule has 62 valence electrons. The van der Waals surface area contributed by atoms with Crippen LogP contribution in [0.25, 0.3) is 0 Å². The van der Waals surface area contributed by atoms with Gasteiger partial charge in [-0.2, -0.15) is 0 Å². The van der Waals surface area contributed by atoms with Crippen LogP contribution < -0.4 is 10.5 Å². The maximum atomic E-state index is 9.21. The fraction of sp³-hybridized carbons (Fsp3) is 0.111. The first-order valence-corrected chi connectivity index (χ1v) is 3.39. The summed E-state index contributed by atoms with van der Waals surface area (Å²) in [5.74, 6) is 2.64. The zero-order chi connectivity index (χ0) is 8.97. The minimum absolute atomic E-state index is 0.0412. The number of aromatic hydroxyl groups is 1. The first-order chi connectivity index (χ1) is 5.74. The summed E-state index contributed by atoms with van der Waals surface area (Å²) in [5, 5.41) is 9.21. The van der Waals surface area contributed by atoms with Crippen LogP contribution in [-0.2, 0) is 0 Å². The molecule has 0 bridgehead atoms. The van der Waals surface area contributed by atoms with Crippen molar-refractivity contribution >= 4 is 5.69 Å². The van der Waals surface area contributed by atoms with Crippen molar-refractivity contribution in [3.05, 3.63) is 18.2 Å². The molecule has 0 unspecified atom stereocenters. The van der Waals surface area contributed by atoms with Crippen molar-refractivity contribution in [2.75, 3.05) is 12.3 Å². The molecular weight excluding hydrogens is 154 g/mol. The Morgan fingerprint density at radius 3 is 3.00 bits per heavy atom. The molecular formula is C9H9NO2. The molecule has 1 aromatic rings. The van der Waals surface area contributed by atoms with Crippen molar-refractivity contribution in [2.24, 2.45) is 0 Å². The number of terminal acetylenes is 1. The molecule has 0 saturated heterocycles. The Morgan fingerprint density at radius 1 is 1.58 bits per heavy atom. The van der Waals surface area contributed by atoms with Gasteiger partial charge in [0.2, 0.25) is 0 Å². The van der Waals surface area contributed by atoms with Gasteiger partial charge in [-0.25, -0.2) is 0 Å². The molecule has 1 aromatic carbocycles. The summed E-state index contributed by atoms with van der Waals surface area (Å²) in [6.07, 6.45) is 4.98. The number of ether oxygens (including phenoxy) is 1. The van der Waals surface area contributed by atoms with Gasteiger partial charge < -0.3 is 15.6 Å². The van der Waals surface area contributed by atoms with E-state index in [1.54, 1.807) is 6.07 Å². The van der Waals surface area contributed by atoms with E-state index < -0.39 is 0 Å². The second kappa shape index (κ2) is 3.54. The molecule has 0 aliphatic heterocycles. The first-order valence-electron chi connectivity index (χ1n) is 3.39. The Labute approximate surface area is 70.8 Å². The summed E-state index contributed by atoms with van der Waals surface area (Å²) < 4.78 is 5.00. The van der Waals surface area contributed by atoms with Gasteiger partial charge in [-0.1, -0.05) is 5.92 Å². The molecule has 0 saturated carbocycles. The average Bonchev–Trinajstić information content (AvgIpc) is 2.07. The van der Waals surface area contributed by atoms with Crippen molar-refractivity contribution in [1.82, 2.24) is 0 Å². The lowest BCUT2D eigenvalue weighted by molar-refractivity contribution is 0.342. The molecule has 0 amide bonds. The van der Waals surface area contributed by atoms with Gasteiger partial charge in [-0.15, -0.1) is 6.42 Å². The maximum Gasteiger partial charge on any atom is 0.164 e. The first kappa shape index (κ1) is 8.28. The zero-order valence-electron chi connectivity index (χ0n) is 6.45. The Kier molecular flexibility index (Phi) is 2.44. The number of benzene rings is 1. The predicted octanol–water partition coefficient (Wildman–Crippen LogP) is 0.986. The van der Waals surface area contributed by atoms with Crippen molar-refractivity contribution in [2.45, 2.75) is 0 Å². The summed E-state index contributed by atoms with van der Waals surface area (Å²) in [7, 11) is 0. The Bertz CT molecular complexity index is 315. The van der Waals surface area contributed by atoms with E-state index in [1.807, 2.05) is 0 Å². The predicted molar refractivity (Wildman–Crippen MR) is 46.8 cm³/mol. The number of phenols is 1. The number of nitrogens with two attached hydrogens (primary N) is 1. The second-order valence-corrected chi connectivity index (χ2v) is 2.22. The van der Waals surface area contributed by atoms with Crippen LogP contribution in [0.2, 0.25) is 0 Å². The molecule has 1 rings (SSSR count). The molecule has 0 spiro atoms. The van der Waals surface area contributed by atoms with E-state index in [2.05, 4.69) is 5.92 Å². The zero-order valence-corrected chi connectivity index (χ0v) is 6.45. The highest BCUT2D eigenvalue weighted by molar-refractivity contribution is 5.51. The number of nitrogen functional groups attached to an aromatic ring is 1. The lowest BCUT2D eigenvalue weighted by Gasteiger charge is -2.04. The molecule has 0 radical (unpaired) electrons. The second-order valence-electron chi connectivity index (χ2n) is 2.22. The molecule has 3 nitrogen and oxygen atoms in total. The Balaban J connectivity index is 2.84. The third kappa shape index (κ3) is 1.83. The molecule has 0 aliphatic carbocycles. The fourth-order valence-corrected chi connectivity index (χ4v) is 0.766. The highest BCUT2D eigenvalue weighted by Gasteiger charge is 2.00. The lowest BCUT2D eigenvalue weighted by atomic mass is 10.3. The van der Waals surface area contributed by atoms with E-state index in [4.69, 9.17) is 16.9 Å². The molecule has 3 N–H and O–H groups in total. The van der Waals surface area contributed by atoms with Gasteiger partial charge in [0.15, 0.2) is 11.5 Å². The van der Waals surface area contributed by atoms with Crippen LogP contribution in [0, 0.1) is 12.3 Å². The number of hydrogen-bond acceptors (Lipinski definition) is 3. The minimum atomic E-state index is 0.0412. The largest absolute Gasteiger partial charge is 0.504 e. The van der Waals surface area contributed by atoms with E-state index in [9.17, 15) is 5.11 Å². The summed E-state index contributed by atoms with van der Waals surface area (Å²) in [6.45, 7) is 0.122. The van der Waals surface area contributed by atoms with Crippen molar-refractivity contribution < 1.29 is 9.84 Å². The van der Waals surface area contributed by atoms with Crippen molar-refractivity contribution in [3.8, 4) is 23.8 Å². The van der Waals surface area contributed by atoms with Crippen LogP contribution in [0.1, 0.15) is 0 Å². The van der Waals surface area contributed by atoms with Crippen LogP contribution in [0.3, 0.4) is 0 Å². The average molecular weight is 163 g/mol. The third-order valence-corrected chi connectivity index (χ3v) is 1.29. The van der Waals surface area contributed by atoms with E-state index >= 15 is 0 Å². The number of phenolic OH excluding ortho intramolecular Hbond substituents is 1. The van der Waals surface area contributed by atoms with Crippen LogP contribution in [0.5, 0.6) is 11.5 Å². The molecule has 0 heterocycles. The van der Waals surface area contributed by atoms with E-state index in [0.717, 1.165) is 0 Å². The summed E-state index contributed by atoms with van der Waals surface area (Å²) >= 11 is 0. The third-order valence-electron chi connectivity index (χ3n) is 1.29. The highest BCUT2D eigenvalue weighted by atomic mass is 16.5. The van der Waals surface area contributed by atoms with Crippen molar-refractivity contribution in [1.29, 1.82) is 0 Å². The fourth-order valence-electron chi connectivity index (χ4n) is 0.766. The maximum absolute atomic E-state index is 9.21. The smallest absolute Gasteiger partial charge is 0.164 e. The normalized spacial score (nSPS) is 8.92. The SMILES string of the molecule is C#CCOc1cc(N)ccc1O. The van der Waals surface area contributed by atoms with Crippen molar-refractivity contribution in [3.63, 3.8) is 0 Å². The molecule has 0 atom stereocenters. The summed E-state index contributed by atoms with van der Waals surface area (Å²) in [6, 6.07) is 4.56. The van der Waals surface area contributed by atoms with Gasteiger partial charge in [-0.3, -0.25) is 0 Å². The van der Waals surface area contributed by atoms with E-state index in [-0.39, 0.29) is 12.4 Å². The van der Waals surface area contributed by atoms with Gasteiger partial charge >= 0.3 is 0 Å². The Morgan fingerprint density at radius 2 is 2.33 bits per heavy atom. The number of hydrogen-bond donors (Lipinski definition) is 2. The van der Waals surface area contributed by atoms with E-state index in [1.165, 1.54) is 12.1 Å². The molecule has 0 aliphatic rings. The summed E-state index contributed by atoms with van der Waals surface area (Å²) in [4.78, 5) is 0. The number of rotatable bonds is 2. The summed E-state index contributed by atoms with van der Waals surface area (Å²) in [5.41, 5.74) is 5.98. The van der Waals surface area contributed by atoms with Gasteiger partial charge in [0.05, 0.1) is 0 Å². The quantitative estimate of drug-likeness (QED) is 0.388. The highest BCUT2D eigenvalue weighted by Crippen LogP contribution is 2.27. The van der Waals surface area contributed by atoms with Crippen LogP contribution in [0.15, 0.2) is 18.2 Å². The monoisotopic (exact) mass is 163 g/mol. The van der Waals surface area contributed by atoms with Crippen LogP contribution in [0.4, 0.5) is 5.69 Å². The lowest BCUT2D eigenvalue weighted by Crippen LogP contribution is -1.94. The van der Waals surface area contributed by atoms with Crippen LogP contribution in [-0.4, -0.2) is 11.7 Å². The van der Waals surface area contributed by atoms with Gasteiger partial charge in [0.1, 0.15) is 6.61 Å². The van der Waals surface area contributed by atoms with Gasteiger partial charge in [-0.05, 0) is 12.1 Å².